The zero-order chi connectivity index (χ0) is 15.6. The fourth-order valence-corrected chi connectivity index (χ4v) is 3.03. The van der Waals surface area contributed by atoms with Crippen molar-refractivity contribution in [2.75, 3.05) is 0 Å². The van der Waals surface area contributed by atoms with Crippen LogP contribution in [0.3, 0.4) is 0 Å². The fourth-order valence-electron chi connectivity index (χ4n) is 1.97. The molecule has 0 heterocycles. The second-order valence-electron chi connectivity index (χ2n) is 5.17. The molecule has 0 nitrogen and oxygen atoms in total. The van der Waals surface area contributed by atoms with E-state index in [1.165, 1.54) is 17.2 Å². The van der Waals surface area contributed by atoms with Crippen molar-refractivity contribution >= 4 is 11.8 Å². The average molecular weight is 310 g/mol. The molecular formula is C17H17F3S. The molecule has 2 aromatic carbocycles. The van der Waals surface area contributed by atoms with E-state index in [2.05, 4.69) is 6.07 Å². The Morgan fingerprint density at radius 3 is 2.14 bits per heavy atom. The summed E-state index contributed by atoms with van der Waals surface area (Å²) >= 11 is 1.56. The summed E-state index contributed by atoms with van der Waals surface area (Å²) in [7, 11) is 0. The summed E-state index contributed by atoms with van der Waals surface area (Å²) in [5, 5.41) is 0. The monoisotopic (exact) mass is 310 g/mol. The van der Waals surface area contributed by atoms with Crippen molar-refractivity contribution in [3.63, 3.8) is 0 Å². The van der Waals surface area contributed by atoms with Crippen LogP contribution in [0.5, 0.6) is 0 Å². The number of thioether (sulfide) groups is 1. The molecule has 0 saturated carbocycles. The highest BCUT2D eigenvalue weighted by Crippen LogP contribution is 2.32. The molecule has 0 saturated heterocycles. The predicted molar refractivity (Wildman–Crippen MR) is 81.7 cm³/mol. The zero-order valence-electron chi connectivity index (χ0n) is 12.2. The maximum atomic E-state index is 12.8. The molecule has 0 amide bonds. The van der Waals surface area contributed by atoms with Crippen molar-refractivity contribution in [3.05, 3.63) is 64.2 Å². The van der Waals surface area contributed by atoms with E-state index >= 15 is 0 Å². The van der Waals surface area contributed by atoms with Gasteiger partial charge in [0.15, 0.2) is 0 Å². The third kappa shape index (κ3) is 4.03. The van der Waals surface area contributed by atoms with Gasteiger partial charge < -0.3 is 0 Å². The number of hydrogen-bond donors (Lipinski definition) is 0. The number of halogens is 3. The molecule has 0 radical (unpaired) electrons. The predicted octanol–water partition coefficient (Wildman–Crippen LogP) is 5.92. The highest BCUT2D eigenvalue weighted by atomic mass is 32.2. The summed E-state index contributed by atoms with van der Waals surface area (Å²) in [5.74, 6) is 0.540. The first-order valence-corrected chi connectivity index (χ1v) is 7.62. The Balaban J connectivity index is 2.17. The fraction of sp³-hybridized carbons (Fsp3) is 0.294. The molecule has 0 aliphatic carbocycles. The minimum Gasteiger partial charge on any atom is -0.166 e. The van der Waals surface area contributed by atoms with E-state index in [1.54, 1.807) is 17.8 Å². The van der Waals surface area contributed by atoms with Crippen molar-refractivity contribution < 1.29 is 13.2 Å². The first-order valence-electron chi connectivity index (χ1n) is 6.64. The van der Waals surface area contributed by atoms with E-state index in [9.17, 15) is 13.2 Å². The van der Waals surface area contributed by atoms with E-state index in [0.29, 0.717) is 5.75 Å². The Kier molecular flexibility index (Phi) is 4.67. The van der Waals surface area contributed by atoms with Gasteiger partial charge in [-0.05, 0) is 67.3 Å². The molecule has 0 atom stereocenters. The summed E-state index contributed by atoms with van der Waals surface area (Å²) < 4.78 is 38.3. The van der Waals surface area contributed by atoms with Gasteiger partial charge in [0.1, 0.15) is 0 Å². The number of aryl methyl sites for hydroxylation is 3. The molecule has 2 rings (SSSR count). The van der Waals surface area contributed by atoms with Gasteiger partial charge >= 0.3 is 6.18 Å². The maximum Gasteiger partial charge on any atom is 0.416 e. The number of benzene rings is 2. The second kappa shape index (κ2) is 6.14. The zero-order valence-corrected chi connectivity index (χ0v) is 13.0. The van der Waals surface area contributed by atoms with Crippen LogP contribution in [0.1, 0.15) is 27.8 Å². The van der Waals surface area contributed by atoms with Crippen LogP contribution in [0.2, 0.25) is 0 Å². The van der Waals surface area contributed by atoms with Gasteiger partial charge in [0, 0.05) is 10.6 Å². The SMILES string of the molecule is Cc1ccc(SCc2cc(C(F)(F)F)ccc2C)cc1C. The molecule has 0 aliphatic heterocycles. The standard InChI is InChI=1S/C17H17F3S/c1-11-5-7-16(8-13(11)3)21-10-14-9-15(17(18,19)20)6-4-12(14)2/h4-9H,10H2,1-3H3. The molecule has 0 unspecified atom stereocenters. The Hall–Kier alpha value is -1.42. The molecule has 112 valence electrons. The first kappa shape index (κ1) is 16.0. The quantitative estimate of drug-likeness (QED) is 0.634. The Bertz CT molecular complexity index is 645. The molecule has 4 heteroatoms. The number of rotatable bonds is 3. The Morgan fingerprint density at radius 1 is 0.857 bits per heavy atom. The van der Waals surface area contributed by atoms with Crippen LogP contribution in [0.15, 0.2) is 41.3 Å². The molecule has 0 fully saturated rings. The first-order chi connectivity index (χ1) is 9.77. The van der Waals surface area contributed by atoms with Crippen LogP contribution in [0.4, 0.5) is 13.2 Å². The van der Waals surface area contributed by atoms with E-state index in [0.717, 1.165) is 22.1 Å². The maximum absolute atomic E-state index is 12.8. The smallest absolute Gasteiger partial charge is 0.166 e. The van der Waals surface area contributed by atoms with E-state index in [4.69, 9.17) is 0 Å². The molecule has 0 aliphatic rings. The van der Waals surface area contributed by atoms with Gasteiger partial charge in [0.25, 0.3) is 0 Å². The molecule has 0 spiro atoms. The summed E-state index contributed by atoms with van der Waals surface area (Å²) in [6, 6.07) is 10.1. The van der Waals surface area contributed by atoms with Gasteiger partial charge in [-0.15, -0.1) is 11.8 Å². The van der Waals surface area contributed by atoms with Gasteiger partial charge in [-0.25, -0.2) is 0 Å². The van der Waals surface area contributed by atoms with E-state index < -0.39 is 11.7 Å². The van der Waals surface area contributed by atoms with Crippen LogP contribution in [-0.4, -0.2) is 0 Å². The summed E-state index contributed by atoms with van der Waals surface area (Å²) in [6.45, 7) is 5.92. The summed E-state index contributed by atoms with van der Waals surface area (Å²) in [4.78, 5) is 1.08. The number of alkyl halides is 3. The van der Waals surface area contributed by atoms with Gasteiger partial charge in [0.05, 0.1) is 5.56 Å². The van der Waals surface area contributed by atoms with Gasteiger partial charge in [0.2, 0.25) is 0 Å². The minimum absolute atomic E-state index is 0.540. The molecule has 0 aromatic heterocycles. The third-order valence-electron chi connectivity index (χ3n) is 3.55. The summed E-state index contributed by atoms with van der Waals surface area (Å²) in [6.07, 6.45) is -4.28. The molecule has 21 heavy (non-hydrogen) atoms. The van der Waals surface area contributed by atoms with Crippen LogP contribution < -0.4 is 0 Å². The highest BCUT2D eigenvalue weighted by Gasteiger charge is 2.30. The van der Waals surface area contributed by atoms with Crippen molar-refractivity contribution in [1.29, 1.82) is 0 Å². The highest BCUT2D eigenvalue weighted by molar-refractivity contribution is 7.98. The third-order valence-corrected chi connectivity index (χ3v) is 4.59. The minimum atomic E-state index is -4.28. The van der Waals surface area contributed by atoms with Crippen LogP contribution in [0, 0.1) is 20.8 Å². The normalized spacial score (nSPS) is 11.7. The van der Waals surface area contributed by atoms with Gasteiger partial charge in [-0.1, -0.05) is 12.1 Å². The van der Waals surface area contributed by atoms with E-state index in [1.807, 2.05) is 32.9 Å². The largest absolute Gasteiger partial charge is 0.416 e. The lowest BCUT2D eigenvalue weighted by Crippen LogP contribution is -2.05. The summed E-state index contributed by atoms with van der Waals surface area (Å²) in [5.41, 5.74) is 3.45. The van der Waals surface area contributed by atoms with Crippen molar-refractivity contribution in [1.82, 2.24) is 0 Å². The van der Waals surface area contributed by atoms with Crippen molar-refractivity contribution in [2.24, 2.45) is 0 Å². The Labute approximate surface area is 127 Å². The molecular weight excluding hydrogens is 293 g/mol. The van der Waals surface area contributed by atoms with Crippen molar-refractivity contribution in [2.45, 2.75) is 37.6 Å². The van der Waals surface area contributed by atoms with Crippen LogP contribution in [-0.2, 0) is 11.9 Å². The number of hydrogen-bond acceptors (Lipinski definition) is 1. The Morgan fingerprint density at radius 2 is 1.52 bits per heavy atom. The lowest BCUT2D eigenvalue weighted by atomic mass is 10.1. The van der Waals surface area contributed by atoms with Gasteiger partial charge in [-0.2, -0.15) is 13.2 Å². The average Bonchev–Trinajstić information content (AvgIpc) is 2.40. The molecule has 0 N–H and O–H groups in total. The van der Waals surface area contributed by atoms with Gasteiger partial charge in [-0.3, -0.25) is 0 Å². The van der Waals surface area contributed by atoms with Crippen LogP contribution in [0.25, 0.3) is 0 Å². The van der Waals surface area contributed by atoms with Crippen molar-refractivity contribution in [3.8, 4) is 0 Å². The lowest BCUT2D eigenvalue weighted by molar-refractivity contribution is -0.137. The van der Waals surface area contributed by atoms with Crippen LogP contribution >= 0.6 is 11.8 Å². The molecule has 0 bridgehead atoms. The lowest BCUT2D eigenvalue weighted by Gasteiger charge is -2.12. The van der Waals surface area contributed by atoms with E-state index in [-0.39, 0.29) is 0 Å². The molecule has 2 aromatic rings. The topological polar surface area (TPSA) is 0 Å². The second-order valence-corrected chi connectivity index (χ2v) is 6.22.